The number of aromatic nitrogens is 5. The van der Waals surface area contributed by atoms with Crippen molar-refractivity contribution in [2.45, 2.75) is 105 Å². The van der Waals surface area contributed by atoms with Gasteiger partial charge in [0.25, 0.3) is 0 Å². The first-order chi connectivity index (χ1) is 41.8. The standard InChI is InChI=1S/C78H64N10/c1-75(2,3)56-33-54(34-57(39-56)76(4,5)6)73-84-72(85-74(86-73)55-35-58(77(7,8)9)40-59(36-55)78(10,11)12)53-22-28-70(87-66-24-15-47(42-80)29-61(66)62-30-48(43-81)16-25-67(62)87)65(37-53)60-23-21-52(51-19-13-46(41-79)14-20-51)38-71(60)88-68-26-17-49(44-82)31-63(68)64-32-50(45-83)18-27-69(64)88/h13-40H,1-12H3. The molecule has 0 aliphatic carbocycles. The van der Waals surface area contributed by atoms with E-state index in [-0.39, 0.29) is 21.7 Å². The summed E-state index contributed by atoms with van der Waals surface area (Å²) in [5.41, 5.74) is 17.1. The Labute approximate surface area is 514 Å². The van der Waals surface area contributed by atoms with Crippen molar-refractivity contribution in [2.24, 2.45) is 0 Å². The summed E-state index contributed by atoms with van der Waals surface area (Å²) in [4.78, 5) is 16.5. The molecule has 0 spiro atoms. The average molecular weight is 1140 g/mol. The molecule has 3 aromatic heterocycles. The molecule has 88 heavy (non-hydrogen) atoms. The quantitative estimate of drug-likeness (QED) is 0.152. The fourth-order valence-corrected chi connectivity index (χ4v) is 11.8. The third-order valence-corrected chi connectivity index (χ3v) is 16.9. The van der Waals surface area contributed by atoms with Crippen molar-refractivity contribution < 1.29 is 0 Å². The molecule has 0 aliphatic heterocycles. The second kappa shape index (κ2) is 21.2. The molecular formula is C78H64N10. The molecule has 0 atom stereocenters. The molecule has 0 fully saturated rings. The molecule has 0 saturated heterocycles. The van der Waals surface area contributed by atoms with E-state index in [4.69, 9.17) is 15.0 Å². The third kappa shape index (κ3) is 10.4. The Balaban J connectivity index is 1.23. The predicted octanol–water partition coefficient (Wildman–Crippen LogP) is 18.9. The SMILES string of the molecule is CC(C)(C)c1cc(-c2nc(-c3cc(C(C)(C)C)cc(C(C)(C)C)c3)nc(-c3ccc(-n4c5ccc(C#N)cc5c5cc(C#N)ccc54)c(-c4ccc(-c5ccc(C#N)cc5)cc4-n4c5ccc(C#N)cc5c5cc(C#N)ccc54)c3)n2)cc(C(C)(C)C)c1. The molecule has 0 N–H and O–H groups in total. The van der Waals surface area contributed by atoms with E-state index >= 15 is 0 Å². The van der Waals surface area contributed by atoms with Gasteiger partial charge in [0.1, 0.15) is 0 Å². The zero-order valence-electron chi connectivity index (χ0n) is 51.6. The van der Waals surface area contributed by atoms with Crippen LogP contribution in [0.25, 0.3) is 111 Å². The van der Waals surface area contributed by atoms with Gasteiger partial charge in [0.15, 0.2) is 17.5 Å². The number of hydrogen-bond donors (Lipinski definition) is 0. The normalized spacial score (nSPS) is 12.0. The molecule has 12 rings (SSSR count). The van der Waals surface area contributed by atoms with E-state index in [1.165, 1.54) is 22.3 Å². The van der Waals surface area contributed by atoms with Crippen molar-refractivity contribution in [3.8, 4) is 98.1 Å². The van der Waals surface area contributed by atoms with Gasteiger partial charge in [-0.05, 0) is 189 Å². The minimum Gasteiger partial charge on any atom is -0.309 e. The van der Waals surface area contributed by atoms with E-state index < -0.39 is 0 Å². The van der Waals surface area contributed by atoms with Crippen LogP contribution >= 0.6 is 0 Å². The topological polar surface area (TPSA) is 167 Å². The van der Waals surface area contributed by atoms with Crippen LogP contribution in [0.3, 0.4) is 0 Å². The highest BCUT2D eigenvalue weighted by Crippen LogP contribution is 2.45. The number of fused-ring (bicyclic) bond motifs is 6. The van der Waals surface area contributed by atoms with E-state index in [1.807, 2.05) is 97.1 Å². The van der Waals surface area contributed by atoms with Crippen LogP contribution in [0.4, 0.5) is 0 Å². The average Bonchev–Trinajstić information content (AvgIpc) is 1.55. The van der Waals surface area contributed by atoms with Crippen LogP contribution in [0, 0.1) is 56.7 Å². The summed E-state index contributed by atoms with van der Waals surface area (Å²) in [5, 5.41) is 54.3. The van der Waals surface area contributed by atoms with E-state index in [9.17, 15) is 26.3 Å². The second-order valence-corrected chi connectivity index (χ2v) is 27.1. The van der Waals surface area contributed by atoms with Gasteiger partial charge in [-0.25, -0.2) is 15.0 Å². The molecule has 10 nitrogen and oxygen atoms in total. The lowest BCUT2D eigenvalue weighted by atomic mass is 9.79. The molecule has 0 radical (unpaired) electrons. The van der Waals surface area contributed by atoms with Crippen molar-refractivity contribution in [1.82, 2.24) is 24.1 Å². The predicted molar refractivity (Wildman–Crippen MR) is 354 cm³/mol. The van der Waals surface area contributed by atoms with Crippen LogP contribution in [-0.2, 0) is 21.7 Å². The molecule has 0 aliphatic rings. The van der Waals surface area contributed by atoms with Gasteiger partial charge in [0.05, 0.1) is 91.6 Å². The van der Waals surface area contributed by atoms with Crippen molar-refractivity contribution in [3.05, 3.63) is 220 Å². The Bertz CT molecular complexity index is 4820. The fraction of sp³-hybridized carbons (Fsp3) is 0.205. The maximum Gasteiger partial charge on any atom is 0.164 e. The minimum absolute atomic E-state index is 0.193. The number of nitriles is 5. The summed E-state index contributed by atoms with van der Waals surface area (Å²) < 4.78 is 4.41. The van der Waals surface area contributed by atoms with Crippen molar-refractivity contribution in [1.29, 1.82) is 26.3 Å². The lowest BCUT2D eigenvalue weighted by Crippen LogP contribution is -2.17. The van der Waals surface area contributed by atoms with E-state index in [0.29, 0.717) is 45.3 Å². The van der Waals surface area contributed by atoms with Crippen LogP contribution in [0.1, 0.15) is 133 Å². The molecule has 0 unspecified atom stereocenters. The smallest absolute Gasteiger partial charge is 0.164 e. The van der Waals surface area contributed by atoms with Gasteiger partial charge in [-0.2, -0.15) is 26.3 Å². The minimum atomic E-state index is -0.193. The molecule has 9 aromatic carbocycles. The first-order valence-electron chi connectivity index (χ1n) is 29.5. The summed E-state index contributed by atoms with van der Waals surface area (Å²) in [7, 11) is 0. The number of rotatable bonds is 7. The van der Waals surface area contributed by atoms with Crippen molar-refractivity contribution >= 4 is 43.6 Å². The highest BCUT2D eigenvalue weighted by atomic mass is 15.0. The summed E-state index contributed by atoms with van der Waals surface area (Å²) in [6.07, 6.45) is 0. The van der Waals surface area contributed by atoms with Crippen molar-refractivity contribution in [3.63, 3.8) is 0 Å². The second-order valence-electron chi connectivity index (χ2n) is 27.1. The summed E-state index contributed by atoms with van der Waals surface area (Å²) in [6.45, 7) is 26.8. The molecule has 10 heteroatoms. The number of benzene rings is 9. The van der Waals surface area contributed by atoms with E-state index in [0.717, 1.165) is 93.9 Å². The molecule has 12 aromatic rings. The van der Waals surface area contributed by atoms with E-state index in [2.05, 4.69) is 195 Å². The molecule has 3 heterocycles. The van der Waals surface area contributed by atoms with Gasteiger partial charge in [-0.1, -0.05) is 119 Å². The fourth-order valence-electron chi connectivity index (χ4n) is 11.8. The zero-order chi connectivity index (χ0) is 62.4. The summed E-state index contributed by atoms with van der Waals surface area (Å²) in [5.74, 6) is 1.54. The largest absolute Gasteiger partial charge is 0.309 e. The van der Waals surface area contributed by atoms with Gasteiger partial charge in [0, 0.05) is 49.4 Å². The molecule has 0 saturated carbocycles. The van der Waals surface area contributed by atoms with Crippen LogP contribution in [0.15, 0.2) is 170 Å². The van der Waals surface area contributed by atoms with Crippen LogP contribution in [-0.4, -0.2) is 24.1 Å². The van der Waals surface area contributed by atoms with Gasteiger partial charge >= 0.3 is 0 Å². The molecule has 0 bridgehead atoms. The van der Waals surface area contributed by atoms with Crippen LogP contribution < -0.4 is 0 Å². The summed E-state index contributed by atoms with van der Waals surface area (Å²) in [6, 6.07) is 68.1. The van der Waals surface area contributed by atoms with Gasteiger partial charge < -0.3 is 9.13 Å². The lowest BCUT2D eigenvalue weighted by Gasteiger charge is -2.26. The van der Waals surface area contributed by atoms with Gasteiger partial charge in [-0.3, -0.25) is 0 Å². The van der Waals surface area contributed by atoms with Gasteiger partial charge in [-0.15, -0.1) is 0 Å². The van der Waals surface area contributed by atoms with Crippen LogP contribution in [0.5, 0.6) is 0 Å². The van der Waals surface area contributed by atoms with Crippen LogP contribution in [0.2, 0.25) is 0 Å². The maximum absolute atomic E-state index is 10.3. The Hall–Kier alpha value is -11.0. The zero-order valence-corrected chi connectivity index (χ0v) is 51.6. The highest BCUT2D eigenvalue weighted by molar-refractivity contribution is 6.12. The Kier molecular flexibility index (Phi) is 13.9. The number of nitrogens with zero attached hydrogens (tertiary/aromatic N) is 10. The molecule has 426 valence electrons. The van der Waals surface area contributed by atoms with Crippen molar-refractivity contribution in [2.75, 3.05) is 0 Å². The number of hydrogen-bond acceptors (Lipinski definition) is 8. The Morgan fingerprint density at radius 3 is 0.943 bits per heavy atom. The highest BCUT2D eigenvalue weighted by Gasteiger charge is 2.28. The molecular weight excluding hydrogens is 1080 g/mol. The lowest BCUT2D eigenvalue weighted by molar-refractivity contribution is 0.568. The first kappa shape index (κ1) is 57.5. The monoisotopic (exact) mass is 1140 g/mol. The Morgan fingerprint density at radius 1 is 0.273 bits per heavy atom. The van der Waals surface area contributed by atoms with Gasteiger partial charge in [0.2, 0.25) is 0 Å². The third-order valence-electron chi connectivity index (χ3n) is 16.9. The maximum atomic E-state index is 10.3. The summed E-state index contributed by atoms with van der Waals surface area (Å²) >= 11 is 0. The Morgan fingerprint density at radius 2 is 0.591 bits per heavy atom. The molecule has 0 amide bonds. The van der Waals surface area contributed by atoms with E-state index in [1.54, 1.807) is 0 Å². The first-order valence-corrected chi connectivity index (χ1v) is 29.5.